The topological polar surface area (TPSA) is 119 Å². The van der Waals surface area contributed by atoms with Gasteiger partial charge in [-0.3, -0.25) is 0 Å². The summed E-state index contributed by atoms with van der Waals surface area (Å²) in [6, 6.07) is 5.53. The zero-order valence-electron chi connectivity index (χ0n) is 20.1. The molecule has 214 valence electrons. The lowest BCUT2D eigenvalue weighted by atomic mass is 10.1. The fourth-order valence-electron chi connectivity index (χ4n) is 2.98. The Morgan fingerprint density at radius 2 is 1.37 bits per heavy atom. The third-order valence-electron chi connectivity index (χ3n) is 5.09. The maximum Gasteiger partial charge on any atom is 0.490 e. The minimum Gasteiger partial charge on any atom is -0.475 e. The quantitative estimate of drug-likeness (QED) is 0.196. The largest absolute Gasteiger partial charge is 0.490 e. The zero-order chi connectivity index (χ0) is 29.2. The molecular formula is C22H26F6I2N4O4. The number of hydrogen-bond donors (Lipinski definition) is 4. The first-order valence-electron chi connectivity index (χ1n) is 10.9. The first-order chi connectivity index (χ1) is 17.5. The molecular weight excluding hydrogens is 752 g/mol. The molecule has 38 heavy (non-hydrogen) atoms. The molecule has 2 saturated heterocycles. The minimum atomic E-state index is -5.08. The number of anilines is 1. The van der Waals surface area contributed by atoms with Gasteiger partial charge in [0.25, 0.3) is 0 Å². The second-order valence-corrected chi connectivity index (χ2v) is 10.8. The Kier molecular flexibility index (Phi) is 14.5. The number of aliphatic hydroxyl groups is 2. The molecule has 16 heteroatoms. The number of β-amino-alcohol motifs (C(OH)–C–C–N with tert-alkyl or cyclic N) is 2. The van der Waals surface area contributed by atoms with Crippen molar-refractivity contribution >= 4 is 57.0 Å². The first kappa shape index (κ1) is 34.5. The Hall–Kier alpha value is -1.51. The molecule has 0 amide bonds. The minimum absolute atomic E-state index is 0.0972. The molecule has 4 heterocycles. The number of aliphatic carboxylic acids is 1. The number of alkyl halides is 3. The Bertz CT molecular complexity index is 965. The van der Waals surface area contributed by atoms with E-state index in [0.717, 1.165) is 35.3 Å². The summed E-state index contributed by atoms with van der Waals surface area (Å²) in [5.74, 6) is -3.49. The van der Waals surface area contributed by atoms with Crippen molar-refractivity contribution in [3.05, 3.63) is 49.2 Å². The zero-order valence-corrected chi connectivity index (χ0v) is 24.4. The lowest BCUT2D eigenvalue weighted by Gasteiger charge is -2.16. The molecule has 0 bridgehead atoms. The van der Waals surface area contributed by atoms with E-state index in [1.54, 1.807) is 0 Å². The summed E-state index contributed by atoms with van der Waals surface area (Å²) in [7, 11) is 0. The standard InChI is InChI=1S/C10H12FIN2O.C5H2F2IN.C5H11NO.C2HF3O2/c1-6-4-14(5-8(6)15)10-3-7(12)2-9(11)13-10;6-4-1-3(8)2-5(7)9-4;1-4-2-6-3-5(4)7;3-2(4,5)1(6)7/h2-3,6,8,15H,4-5H2,1H3;1-2H;4-7H,2-3H2,1H3;(H,6,7). The summed E-state index contributed by atoms with van der Waals surface area (Å²) < 4.78 is 70.3. The molecule has 0 aromatic carbocycles. The fraction of sp³-hybridized carbons (Fsp3) is 0.500. The molecule has 4 atom stereocenters. The lowest BCUT2D eigenvalue weighted by molar-refractivity contribution is -0.192. The number of aromatic nitrogens is 2. The number of carboxylic acids is 1. The van der Waals surface area contributed by atoms with Gasteiger partial charge in [0, 0.05) is 57.4 Å². The van der Waals surface area contributed by atoms with E-state index in [0.29, 0.717) is 21.9 Å². The summed E-state index contributed by atoms with van der Waals surface area (Å²) in [6.07, 6.45) is -5.52. The Balaban J connectivity index is 0.000000271. The number of rotatable bonds is 1. The van der Waals surface area contributed by atoms with Crippen molar-refractivity contribution in [2.24, 2.45) is 11.8 Å². The highest BCUT2D eigenvalue weighted by atomic mass is 127. The van der Waals surface area contributed by atoms with Gasteiger partial charge in [-0.2, -0.15) is 31.3 Å². The van der Waals surface area contributed by atoms with Crippen molar-refractivity contribution in [1.82, 2.24) is 15.3 Å². The van der Waals surface area contributed by atoms with Gasteiger partial charge < -0.3 is 25.5 Å². The van der Waals surface area contributed by atoms with Crippen LogP contribution in [-0.4, -0.2) is 75.8 Å². The van der Waals surface area contributed by atoms with Crippen LogP contribution < -0.4 is 10.2 Å². The molecule has 0 aliphatic carbocycles. The van der Waals surface area contributed by atoms with Crippen LogP contribution >= 0.6 is 45.2 Å². The number of hydrogen-bond acceptors (Lipinski definition) is 7. The predicted octanol–water partition coefficient (Wildman–Crippen LogP) is 3.83. The summed E-state index contributed by atoms with van der Waals surface area (Å²) >= 11 is 3.87. The monoisotopic (exact) mass is 778 g/mol. The number of aliphatic hydroxyl groups excluding tert-OH is 2. The van der Waals surface area contributed by atoms with Crippen LogP contribution in [0.3, 0.4) is 0 Å². The second kappa shape index (κ2) is 15.9. The summed E-state index contributed by atoms with van der Waals surface area (Å²) in [5, 5.41) is 28.7. The van der Waals surface area contributed by atoms with Gasteiger partial charge in [-0.05, 0) is 57.2 Å². The second-order valence-electron chi connectivity index (χ2n) is 8.35. The average Bonchev–Trinajstić information content (AvgIpc) is 3.31. The molecule has 4 N–H and O–H groups in total. The van der Waals surface area contributed by atoms with Gasteiger partial charge in [0.1, 0.15) is 5.82 Å². The fourth-order valence-corrected chi connectivity index (χ4v) is 4.03. The maximum atomic E-state index is 13.1. The number of nitrogens with one attached hydrogen (secondary N) is 1. The maximum absolute atomic E-state index is 13.1. The normalized spacial score (nSPS) is 22.4. The van der Waals surface area contributed by atoms with E-state index >= 15 is 0 Å². The van der Waals surface area contributed by atoms with E-state index in [1.165, 1.54) is 6.07 Å². The number of pyridine rings is 2. The third kappa shape index (κ3) is 13.0. The van der Waals surface area contributed by atoms with Gasteiger partial charge in [-0.25, -0.2) is 9.78 Å². The molecule has 0 saturated carbocycles. The third-order valence-corrected chi connectivity index (χ3v) is 6.33. The average molecular weight is 778 g/mol. The first-order valence-corrected chi connectivity index (χ1v) is 13.1. The molecule has 0 radical (unpaired) electrons. The van der Waals surface area contributed by atoms with E-state index < -0.39 is 30.0 Å². The van der Waals surface area contributed by atoms with E-state index in [1.807, 2.05) is 47.4 Å². The molecule has 0 spiro atoms. The Morgan fingerprint density at radius 3 is 1.66 bits per heavy atom. The highest BCUT2D eigenvalue weighted by Crippen LogP contribution is 2.24. The van der Waals surface area contributed by atoms with Crippen LogP contribution in [0.15, 0.2) is 24.3 Å². The number of carbonyl (C=O) groups is 1. The Labute approximate surface area is 242 Å². The van der Waals surface area contributed by atoms with Crippen LogP contribution in [-0.2, 0) is 4.79 Å². The van der Waals surface area contributed by atoms with E-state index in [-0.39, 0.29) is 18.1 Å². The van der Waals surface area contributed by atoms with E-state index in [4.69, 9.17) is 15.0 Å². The van der Waals surface area contributed by atoms with Crippen LogP contribution in [0.1, 0.15) is 13.8 Å². The van der Waals surface area contributed by atoms with E-state index in [9.17, 15) is 31.4 Å². The van der Waals surface area contributed by atoms with Crippen molar-refractivity contribution < 1.29 is 46.5 Å². The molecule has 2 fully saturated rings. The molecule has 2 aromatic rings. The van der Waals surface area contributed by atoms with Crippen molar-refractivity contribution in [1.29, 1.82) is 0 Å². The molecule has 4 unspecified atom stereocenters. The summed E-state index contributed by atoms with van der Waals surface area (Å²) in [6.45, 7) is 7.04. The van der Waals surface area contributed by atoms with Crippen LogP contribution in [0.25, 0.3) is 0 Å². The van der Waals surface area contributed by atoms with Crippen LogP contribution in [0.2, 0.25) is 0 Å². The summed E-state index contributed by atoms with van der Waals surface area (Å²) in [5.41, 5.74) is 0. The molecule has 4 rings (SSSR count). The van der Waals surface area contributed by atoms with Crippen LogP contribution in [0.4, 0.5) is 32.2 Å². The van der Waals surface area contributed by atoms with Gasteiger partial charge in [0.15, 0.2) is 0 Å². The molecule has 2 aromatic heterocycles. The Morgan fingerprint density at radius 1 is 0.895 bits per heavy atom. The molecule has 2 aliphatic rings. The van der Waals surface area contributed by atoms with Crippen LogP contribution in [0.5, 0.6) is 0 Å². The lowest BCUT2D eigenvalue weighted by Crippen LogP contribution is -2.22. The van der Waals surface area contributed by atoms with Gasteiger partial charge in [-0.15, -0.1) is 0 Å². The van der Waals surface area contributed by atoms with Gasteiger partial charge in [0.2, 0.25) is 17.8 Å². The van der Waals surface area contributed by atoms with Crippen molar-refractivity contribution in [3.8, 4) is 0 Å². The van der Waals surface area contributed by atoms with Crippen molar-refractivity contribution in [3.63, 3.8) is 0 Å². The van der Waals surface area contributed by atoms with Gasteiger partial charge in [0.05, 0.1) is 12.2 Å². The number of carboxylic acid groups (broad SMARTS) is 1. The van der Waals surface area contributed by atoms with E-state index in [2.05, 4.69) is 37.9 Å². The smallest absolute Gasteiger partial charge is 0.475 e. The SMILES string of the molecule is CC1CN(c2cc(I)cc(F)n2)CC1O.CC1CNCC1O.Fc1cc(I)cc(F)n1.O=C(O)C(F)(F)F. The molecule has 2 aliphatic heterocycles. The number of halogens is 8. The highest BCUT2D eigenvalue weighted by molar-refractivity contribution is 14.1. The van der Waals surface area contributed by atoms with Crippen molar-refractivity contribution in [2.75, 3.05) is 31.1 Å². The number of nitrogens with zero attached hydrogens (tertiary/aromatic N) is 3. The molecule has 8 nitrogen and oxygen atoms in total. The van der Waals surface area contributed by atoms with Crippen LogP contribution in [0, 0.1) is 36.8 Å². The van der Waals surface area contributed by atoms with Gasteiger partial charge in [-0.1, -0.05) is 13.8 Å². The summed E-state index contributed by atoms with van der Waals surface area (Å²) in [4.78, 5) is 17.5. The van der Waals surface area contributed by atoms with Crippen molar-refractivity contribution in [2.45, 2.75) is 32.2 Å². The highest BCUT2D eigenvalue weighted by Gasteiger charge is 2.38. The van der Waals surface area contributed by atoms with Gasteiger partial charge >= 0.3 is 12.1 Å². The predicted molar refractivity (Wildman–Crippen MR) is 143 cm³/mol.